The van der Waals surface area contributed by atoms with E-state index in [-0.39, 0.29) is 22.7 Å². The molecule has 1 heterocycles. The molecule has 3 rings (SSSR count). The van der Waals surface area contributed by atoms with Crippen LogP contribution in [0.1, 0.15) is 18.1 Å². The van der Waals surface area contributed by atoms with Crippen LogP contribution in [0.15, 0.2) is 51.7 Å². The third-order valence-corrected chi connectivity index (χ3v) is 3.70. The fourth-order valence-electron chi connectivity index (χ4n) is 2.51. The molecule has 0 aliphatic carbocycles. The fourth-order valence-corrected chi connectivity index (χ4v) is 2.51. The van der Waals surface area contributed by atoms with Crippen LogP contribution in [0, 0.1) is 21.4 Å². The van der Waals surface area contributed by atoms with Gasteiger partial charge in [0, 0.05) is 29.7 Å². The predicted octanol–water partition coefficient (Wildman–Crippen LogP) is 3.93. The molecule has 0 aliphatic rings. The SMILES string of the molecule is CCc1cc(=O)oc2cc(Oc3cc(C#N)ccc3[N+](=O)[O-])ccc12. The molecule has 0 bridgehead atoms. The van der Waals surface area contributed by atoms with Crippen molar-refractivity contribution in [3.05, 3.63) is 74.1 Å². The molecular weight excluding hydrogens is 324 g/mol. The average molecular weight is 336 g/mol. The topological polar surface area (TPSA) is 106 Å². The number of aryl methyl sites for hydroxylation is 1. The van der Waals surface area contributed by atoms with Crippen molar-refractivity contribution in [2.24, 2.45) is 0 Å². The van der Waals surface area contributed by atoms with Gasteiger partial charge < -0.3 is 9.15 Å². The molecule has 25 heavy (non-hydrogen) atoms. The lowest BCUT2D eigenvalue weighted by atomic mass is 10.1. The van der Waals surface area contributed by atoms with E-state index in [1.54, 1.807) is 12.1 Å². The average Bonchev–Trinajstić information content (AvgIpc) is 2.60. The van der Waals surface area contributed by atoms with Gasteiger partial charge in [-0.3, -0.25) is 10.1 Å². The summed E-state index contributed by atoms with van der Waals surface area (Å²) in [5, 5.41) is 20.9. The van der Waals surface area contributed by atoms with Crippen LogP contribution in [0.4, 0.5) is 5.69 Å². The van der Waals surface area contributed by atoms with Crippen LogP contribution in [-0.2, 0) is 6.42 Å². The van der Waals surface area contributed by atoms with Gasteiger partial charge in [0.15, 0.2) is 0 Å². The lowest BCUT2D eigenvalue weighted by molar-refractivity contribution is -0.385. The first-order chi connectivity index (χ1) is 12.0. The maximum atomic E-state index is 11.6. The summed E-state index contributed by atoms with van der Waals surface area (Å²) in [6.07, 6.45) is 0.665. The number of hydrogen-bond acceptors (Lipinski definition) is 6. The van der Waals surface area contributed by atoms with Crippen LogP contribution >= 0.6 is 0 Å². The maximum absolute atomic E-state index is 11.6. The van der Waals surface area contributed by atoms with E-state index in [4.69, 9.17) is 14.4 Å². The van der Waals surface area contributed by atoms with Crippen molar-refractivity contribution in [2.75, 3.05) is 0 Å². The minimum atomic E-state index is -0.590. The number of rotatable bonds is 4. The number of nitro groups is 1. The summed E-state index contributed by atoms with van der Waals surface area (Å²) in [5.41, 5.74) is 0.680. The zero-order valence-corrected chi connectivity index (χ0v) is 13.2. The minimum Gasteiger partial charge on any atom is -0.450 e. The molecule has 0 aliphatic heterocycles. The van der Waals surface area contributed by atoms with Gasteiger partial charge in [-0.1, -0.05) is 6.92 Å². The number of ether oxygens (including phenoxy) is 1. The fraction of sp³-hybridized carbons (Fsp3) is 0.111. The summed E-state index contributed by atoms with van der Waals surface area (Å²) in [4.78, 5) is 22.2. The summed E-state index contributed by atoms with van der Waals surface area (Å²) in [6.45, 7) is 1.93. The Balaban J connectivity index is 2.08. The number of hydrogen-bond donors (Lipinski definition) is 0. The van der Waals surface area contributed by atoms with Crippen LogP contribution in [0.2, 0.25) is 0 Å². The summed E-state index contributed by atoms with van der Waals surface area (Å²) >= 11 is 0. The molecule has 0 spiro atoms. The van der Waals surface area contributed by atoms with E-state index < -0.39 is 10.5 Å². The Kier molecular flexibility index (Phi) is 4.18. The van der Waals surface area contributed by atoms with Gasteiger partial charge in [0.1, 0.15) is 11.3 Å². The van der Waals surface area contributed by atoms with E-state index in [1.165, 1.54) is 30.3 Å². The van der Waals surface area contributed by atoms with Crippen molar-refractivity contribution in [3.8, 4) is 17.6 Å². The molecule has 0 atom stereocenters. The predicted molar refractivity (Wildman–Crippen MR) is 89.7 cm³/mol. The molecule has 2 aromatic carbocycles. The van der Waals surface area contributed by atoms with E-state index in [0.717, 1.165) is 10.9 Å². The van der Waals surface area contributed by atoms with Gasteiger partial charge in [0.2, 0.25) is 5.75 Å². The second kappa shape index (κ2) is 6.45. The van der Waals surface area contributed by atoms with Crippen molar-refractivity contribution in [2.45, 2.75) is 13.3 Å². The Morgan fingerprint density at radius 1 is 1.24 bits per heavy atom. The number of nitriles is 1. The minimum absolute atomic E-state index is 0.0580. The smallest absolute Gasteiger partial charge is 0.336 e. The highest BCUT2D eigenvalue weighted by molar-refractivity contribution is 5.81. The zero-order valence-electron chi connectivity index (χ0n) is 13.2. The Hall–Kier alpha value is -3.66. The molecule has 124 valence electrons. The number of nitrogens with zero attached hydrogens (tertiary/aromatic N) is 2. The largest absolute Gasteiger partial charge is 0.450 e. The van der Waals surface area contributed by atoms with Gasteiger partial charge in [0.05, 0.1) is 16.6 Å². The Labute approximate surface area is 141 Å². The van der Waals surface area contributed by atoms with Gasteiger partial charge >= 0.3 is 11.3 Å². The van der Waals surface area contributed by atoms with Crippen molar-refractivity contribution >= 4 is 16.7 Å². The standard InChI is InChI=1S/C18H12N2O5/c1-2-12-8-18(21)25-16-9-13(4-5-14(12)16)24-17-7-11(10-19)3-6-15(17)20(22)23/h3-9H,2H2,1H3. The molecule has 0 saturated carbocycles. The molecule has 0 saturated heterocycles. The van der Waals surface area contributed by atoms with E-state index in [2.05, 4.69) is 0 Å². The van der Waals surface area contributed by atoms with Crippen molar-refractivity contribution < 1.29 is 14.1 Å². The lowest BCUT2D eigenvalue weighted by Crippen LogP contribution is -2.00. The molecule has 0 amide bonds. The van der Waals surface area contributed by atoms with E-state index in [9.17, 15) is 14.9 Å². The van der Waals surface area contributed by atoms with Crippen LogP contribution in [0.3, 0.4) is 0 Å². The highest BCUT2D eigenvalue weighted by atomic mass is 16.6. The normalized spacial score (nSPS) is 10.4. The Bertz CT molecular complexity index is 1080. The van der Waals surface area contributed by atoms with Gasteiger partial charge in [-0.05, 0) is 30.2 Å². The van der Waals surface area contributed by atoms with E-state index >= 15 is 0 Å². The summed E-state index contributed by atoms with van der Waals surface area (Å²) in [7, 11) is 0. The number of benzene rings is 2. The quantitative estimate of drug-likeness (QED) is 0.406. The maximum Gasteiger partial charge on any atom is 0.336 e. The third kappa shape index (κ3) is 3.19. The summed E-state index contributed by atoms with van der Waals surface area (Å²) in [5.74, 6) is 0.208. The van der Waals surface area contributed by atoms with Crippen LogP contribution in [0.25, 0.3) is 11.0 Å². The first kappa shape index (κ1) is 16.2. The first-order valence-corrected chi connectivity index (χ1v) is 7.45. The van der Waals surface area contributed by atoms with Gasteiger partial charge in [-0.15, -0.1) is 0 Å². The lowest BCUT2D eigenvalue weighted by Gasteiger charge is -2.08. The number of nitro benzene ring substituents is 1. The van der Waals surface area contributed by atoms with Crippen molar-refractivity contribution in [3.63, 3.8) is 0 Å². The van der Waals surface area contributed by atoms with Crippen LogP contribution < -0.4 is 10.4 Å². The molecule has 0 radical (unpaired) electrons. The third-order valence-electron chi connectivity index (χ3n) is 3.70. The van der Waals surface area contributed by atoms with Crippen molar-refractivity contribution in [1.29, 1.82) is 5.26 Å². The van der Waals surface area contributed by atoms with E-state index in [1.807, 2.05) is 13.0 Å². The molecule has 7 heteroatoms. The molecule has 7 nitrogen and oxygen atoms in total. The molecule has 0 N–H and O–H groups in total. The second-order valence-corrected chi connectivity index (χ2v) is 5.26. The highest BCUT2D eigenvalue weighted by Gasteiger charge is 2.17. The molecule has 3 aromatic rings. The molecule has 1 aromatic heterocycles. The molecule has 0 unspecified atom stereocenters. The van der Waals surface area contributed by atoms with Crippen LogP contribution in [0.5, 0.6) is 11.5 Å². The monoisotopic (exact) mass is 336 g/mol. The van der Waals surface area contributed by atoms with Gasteiger partial charge in [-0.2, -0.15) is 5.26 Å². The van der Waals surface area contributed by atoms with Gasteiger partial charge in [0.25, 0.3) is 0 Å². The molecule has 0 fully saturated rings. The molecular formula is C18H12N2O5. The zero-order chi connectivity index (χ0) is 18.0. The first-order valence-electron chi connectivity index (χ1n) is 7.45. The Morgan fingerprint density at radius 3 is 2.72 bits per heavy atom. The highest BCUT2D eigenvalue weighted by Crippen LogP contribution is 2.33. The van der Waals surface area contributed by atoms with Gasteiger partial charge in [-0.25, -0.2) is 4.79 Å². The number of fused-ring (bicyclic) bond motifs is 1. The summed E-state index contributed by atoms with van der Waals surface area (Å²) < 4.78 is 10.8. The van der Waals surface area contributed by atoms with Crippen molar-refractivity contribution in [1.82, 2.24) is 0 Å². The second-order valence-electron chi connectivity index (χ2n) is 5.26. The Morgan fingerprint density at radius 2 is 2.04 bits per heavy atom. The van der Waals surface area contributed by atoms with E-state index in [0.29, 0.717) is 12.0 Å². The summed E-state index contributed by atoms with van der Waals surface area (Å²) in [6, 6.07) is 12.1. The van der Waals surface area contributed by atoms with Crippen LogP contribution in [-0.4, -0.2) is 4.92 Å².